The molecule has 0 amide bonds. The summed E-state index contributed by atoms with van der Waals surface area (Å²) in [7, 11) is 0. The molecule has 0 saturated carbocycles. The van der Waals surface area contributed by atoms with Crippen LogP contribution in [0.1, 0.15) is 5.69 Å². The van der Waals surface area contributed by atoms with Gasteiger partial charge in [-0.25, -0.2) is 8.78 Å². The molecule has 15 heavy (non-hydrogen) atoms. The molecule has 1 aromatic heterocycles. The van der Waals surface area contributed by atoms with Gasteiger partial charge in [-0.15, -0.1) is 0 Å². The summed E-state index contributed by atoms with van der Waals surface area (Å²) in [6.45, 7) is 0.228. The van der Waals surface area contributed by atoms with Crippen LogP contribution in [0.25, 0.3) is 11.1 Å². The maximum atomic E-state index is 13.4. The van der Waals surface area contributed by atoms with Crippen LogP contribution in [0.15, 0.2) is 24.4 Å². The molecular formula is C10H9F2N3. The van der Waals surface area contributed by atoms with E-state index in [2.05, 4.69) is 10.2 Å². The number of aromatic nitrogens is 2. The highest BCUT2D eigenvalue weighted by Gasteiger charge is 2.11. The van der Waals surface area contributed by atoms with Crippen molar-refractivity contribution in [3.8, 4) is 11.1 Å². The number of nitrogens with zero attached hydrogens (tertiary/aromatic N) is 1. The summed E-state index contributed by atoms with van der Waals surface area (Å²) in [5.41, 5.74) is 6.93. The number of nitrogens with two attached hydrogens (primary N) is 1. The summed E-state index contributed by atoms with van der Waals surface area (Å²) in [4.78, 5) is 0. The van der Waals surface area contributed by atoms with Crippen molar-refractivity contribution in [1.82, 2.24) is 10.2 Å². The van der Waals surface area contributed by atoms with Crippen LogP contribution < -0.4 is 5.73 Å². The summed E-state index contributed by atoms with van der Waals surface area (Å²) < 4.78 is 26.1. The second-order valence-corrected chi connectivity index (χ2v) is 3.09. The maximum Gasteiger partial charge on any atom is 0.134 e. The Labute approximate surface area is 84.9 Å². The summed E-state index contributed by atoms with van der Waals surface area (Å²) in [5, 5.41) is 6.43. The number of hydrogen-bond donors (Lipinski definition) is 2. The average Bonchev–Trinajstić information content (AvgIpc) is 2.65. The fraction of sp³-hybridized carbons (Fsp3) is 0.100. The Morgan fingerprint density at radius 1 is 1.27 bits per heavy atom. The minimum atomic E-state index is -0.619. The van der Waals surface area contributed by atoms with E-state index >= 15 is 0 Å². The van der Waals surface area contributed by atoms with Gasteiger partial charge in [0.2, 0.25) is 0 Å². The van der Waals surface area contributed by atoms with Gasteiger partial charge < -0.3 is 5.73 Å². The molecule has 0 radical (unpaired) electrons. The predicted molar refractivity (Wildman–Crippen MR) is 51.8 cm³/mol. The molecule has 0 aliphatic carbocycles. The second-order valence-electron chi connectivity index (χ2n) is 3.09. The van der Waals surface area contributed by atoms with Crippen LogP contribution in [-0.2, 0) is 6.54 Å². The summed E-state index contributed by atoms with van der Waals surface area (Å²) >= 11 is 0. The maximum absolute atomic E-state index is 13.4. The minimum absolute atomic E-state index is 0.228. The van der Waals surface area contributed by atoms with Crippen LogP contribution in [-0.4, -0.2) is 10.2 Å². The van der Waals surface area contributed by atoms with E-state index in [4.69, 9.17) is 5.73 Å². The average molecular weight is 209 g/mol. The Morgan fingerprint density at radius 3 is 2.73 bits per heavy atom. The molecule has 3 N–H and O–H groups in total. The van der Waals surface area contributed by atoms with Crippen molar-refractivity contribution >= 4 is 0 Å². The van der Waals surface area contributed by atoms with Crippen molar-refractivity contribution in [3.63, 3.8) is 0 Å². The van der Waals surface area contributed by atoms with Gasteiger partial charge in [-0.05, 0) is 12.1 Å². The fourth-order valence-corrected chi connectivity index (χ4v) is 1.41. The summed E-state index contributed by atoms with van der Waals surface area (Å²) in [5.74, 6) is -1.22. The molecule has 0 fully saturated rings. The molecule has 0 saturated heterocycles. The van der Waals surface area contributed by atoms with Gasteiger partial charge in [0.25, 0.3) is 0 Å². The van der Waals surface area contributed by atoms with Crippen LogP contribution in [0.4, 0.5) is 8.78 Å². The standard InChI is InChI=1S/C10H9F2N3/c11-6-1-2-7(9(12)3-6)8-5-14-15-10(8)4-13/h1-3,5H,4,13H2,(H,14,15). The van der Waals surface area contributed by atoms with Crippen LogP contribution in [0.5, 0.6) is 0 Å². The molecule has 0 aliphatic rings. The quantitative estimate of drug-likeness (QED) is 0.792. The zero-order valence-electron chi connectivity index (χ0n) is 7.80. The zero-order chi connectivity index (χ0) is 10.8. The number of halogens is 2. The second kappa shape index (κ2) is 3.78. The first-order chi connectivity index (χ1) is 7.22. The molecule has 78 valence electrons. The van der Waals surface area contributed by atoms with Gasteiger partial charge in [-0.1, -0.05) is 0 Å². The van der Waals surface area contributed by atoms with Crippen LogP contribution >= 0.6 is 0 Å². The largest absolute Gasteiger partial charge is 0.325 e. The van der Waals surface area contributed by atoms with E-state index in [1.165, 1.54) is 18.3 Å². The zero-order valence-corrected chi connectivity index (χ0v) is 7.80. The summed E-state index contributed by atoms with van der Waals surface area (Å²) in [6, 6.07) is 3.41. The molecular weight excluding hydrogens is 200 g/mol. The molecule has 2 rings (SSSR count). The first-order valence-electron chi connectivity index (χ1n) is 4.40. The van der Waals surface area contributed by atoms with Crippen LogP contribution in [0, 0.1) is 11.6 Å². The van der Waals surface area contributed by atoms with E-state index in [0.717, 1.165) is 6.07 Å². The number of rotatable bonds is 2. The molecule has 1 heterocycles. The van der Waals surface area contributed by atoms with Crippen molar-refractivity contribution in [3.05, 3.63) is 41.7 Å². The predicted octanol–water partition coefficient (Wildman–Crippen LogP) is 1.81. The van der Waals surface area contributed by atoms with E-state index in [0.29, 0.717) is 16.8 Å². The number of benzene rings is 1. The van der Waals surface area contributed by atoms with Gasteiger partial charge >= 0.3 is 0 Å². The first kappa shape index (κ1) is 9.79. The number of nitrogens with one attached hydrogen (secondary N) is 1. The molecule has 1 aromatic carbocycles. The van der Waals surface area contributed by atoms with Crippen molar-refractivity contribution in [2.75, 3.05) is 0 Å². The van der Waals surface area contributed by atoms with E-state index in [-0.39, 0.29) is 6.54 Å². The molecule has 0 unspecified atom stereocenters. The Balaban J connectivity index is 2.54. The third kappa shape index (κ3) is 1.73. The molecule has 0 bridgehead atoms. The van der Waals surface area contributed by atoms with Crippen molar-refractivity contribution in [1.29, 1.82) is 0 Å². The van der Waals surface area contributed by atoms with E-state index in [1.807, 2.05) is 0 Å². The van der Waals surface area contributed by atoms with Crippen LogP contribution in [0.3, 0.4) is 0 Å². The van der Waals surface area contributed by atoms with Crippen molar-refractivity contribution in [2.45, 2.75) is 6.54 Å². The van der Waals surface area contributed by atoms with Crippen molar-refractivity contribution < 1.29 is 8.78 Å². The highest BCUT2D eigenvalue weighted by molar-refractivity contribution is 5.65. The molecule has 2 aromatic rings. The van der Waals surface area contributed by atoms with E-state index < -0.39 is 11.6 Å². The molecule has 0 aliphatic heterocycles. The lowest BCUT2D eigenvalue weighted by atomic mass is 10.1. The highest BCUT2D eigenvalue weighted by atomic mass is 19.1. The normalized spacial score (nSPS) is 10.6. The summed E-state index contributed by atoms with van der Waals surface area (Å²) in [6.07, 6.45) is 1.47. The van der Waals surface area contributed by atoms with E-state index in [1.54, 1.807) is 0 Å². The Morgan fingerprint density at radius 2 is 2.07 bits per heavy atom. The van der Waals surface area contributed by atoms with Gasteiger partial charge in [0.05, 0.1) is 11.9 Å². The number of hydrogen-bond acceptors (Lipinski definition) is 2. The topological polar surface area (TPSA) is 54.7 Å². The van der Waals surface area contributed by atoms with E-state index in [9.17, 15) is 8.78 Å². The third-order valence-corrected chi connectivity index (χ3v) is 2.14. The number of aromatic amines is 1. The molecule has 0 spiro atoms. The SMILES string of the molecule is NCc1[nH]ncc1-c1ccc(F)cc1F. The lowest BCUT2D eigenvalue weighted by molar-refractivity contribution is 0.585. The van der Waals surface area contributed by atoms with Gasteiger partial charge in [-0.2, -0.15) is 5.10 Å². The number of H-pyrrole nitrogens is 1. The monoisotopic (exact) mass is 209 g/mol. The molecule has 5 heteroatoms. The van der Waals surface area contributed by atoms with Gasteiger partial charge in [-0.3, -0.25) is 5.10 Å². The minimum Gasteiger partial charge on any atom is -0.325 e. The van der Waals surface area contributed by atoms with Gasteiger partial charge in [0.1, 0.15) is 11.6 Å². The smallest absolute Gasteiger partial charge is 0.134 e. The Kier molecular flexibility index (Phi) is 2.47. The van der Waals surface area contributed by atoms with Gasteiger partial charge in [0, 0.05) is 23.7 Å². The molecule has 3 nitrogen and oxygen atoms in total. The third-order valence-electron chi connectivity index (χ3n) is 2.14. The van der Waals surface area contributed by atoms with Crippen molar-refractivity contribution in [2.24, 2.45) is 5.73 Å². The lowest BCUT2D eigenvalue weighted by Crippen LogP contribution is -1.99. The Hall–Kier alpha value is -1.75. The Bertz CT molecular complexity index is 479. The fourth-order valence-electron chi connectivity index (χ4n) is 1.41. The highest BCUT2D eigenvalue weighted by Crippen LogP contribution is 2.25. The lowest BCUT2D eigenvalue weighted by Gasteiger charge is -2.02. The first-order valence-corrected chi connectivity index (χ1v) is 4.40. The van der Waals surface area contributed by atoms with Gasteiger partial charge in [0.15, 0.2) is 0 Å². The van der Waals surface area contributed by atoms with Crippen LogP contribution in [0.2, 0.25) is 0 Å². The molecule has 0 atom stereocenters.